The van der Waals surface area contributed by atoms with E-state index in [0.29, 0.717) is 16.9 Å². The zero-order chi connectivity index (χ0) is 14.0. The molecule has 0 saturated carbocycles. The first-order chi connectivity index (χ1) is 9.04. The Labute approximate surface area is 109 Å². The Hall–Kier alpha value is -2.41. The third-order valence-corrected chi connectivity index (χ3v) is 2.80. The van der Waals surface area contributed by atoms with Crippen molar-refractivity contribution in [2.45, 2.75) is 13.5 Å². The third kappa shape index (κ3) is 2.41. The summed E-state index contributed by atoms with van der Waals surface area (Å²) >= 11 is 0. The second-order valence-electron chi connectivity index (χ2n) is 4.11. The first-order valence-electron chi connectivity index (χ1n) is 5.68. The van der Waals surface area contributed by atoms with Crippen LogP contribution in [-0.2, 0) is 6.54 Å². The molecule has 1 aromatic carbocycles. The second kappa shape index (κ2) is 5.07. The molecule has 1 heterocycles. The van der Waals surface area contributed by atoms with Gasteiger partial charge >= 0.3 is 5.97 Å². The highest BCUT2D eigenvalue weighted by molar-refractivity contribution is 5.93. The number of carboxylic acids is 1. The van der Waals surface area contributed by atoms with E-state index in [9.17, 15) is 4.79 Å². The van der Waals surface area contributed by atoms with Crippen molar-refractivity contribution in [1.29, 1.82) is 0 Å². The standard InChI is InChI=1S/C12H14N4O3/c1-7-2-3-8(6-9(7)13)11-10(12(18)19)14-15-16(11)4-5-17/h2-3,6,17H,4-5,13H2,1H3,(H,18,19). The molecule has 0 bridgehead atoms. The molecule has 0 spiro atoms. The summed E-state index contributed by atoms with van der Waals surface area (Å²) < 4.78 is 1.35. The number of aryl methyl sites for hydroxylation is 1. The number of aromatic nitrogens is 3. The molecule has 1 aromatic heterocycles. The number of carboxylic acid groups (broad SMARTS) is 1. The minimum Gasteiger partial charge on any atom is -0.476 e. The summed E-state index contributed by atoms with van der Waals surface area (Å²) in [6.07, 6.45) is 0. The monoisotopic (exact) mass is 262 g/mol. The first kappa shape index (κ1) is 13.0. The number of aromatic carboxylic acids is 1. The van der Waals surface area contributed by atoms with E-state index in [4.69, 9.17) is 15.9 Å². The Kier molecular flexibility index (Phi) is 3.48. The zero-order valence-electron chi connectivity index (χ0n) is 10.4. The van der Waals surface area contributed by atoms with Gasteiger partial charge in [-0.3, -0.25) is 0 Å². The van der Waals surface area contributed by atoms with Crippen molar-refractivity contribution in [2.75, 3.05) is 12.3 Å². The molecule has 7 heteroatoms. The predicted octanol–water partition coefficient (Wildman–Crippen LogP) is 0.526. The number of benzene rings is 1. The van der Waals surface area contributed by atoms with Gasteiger partial charge in [-0.25, -0.2) is 9.48 Å². The fraction of sp³-hybridized carbons (Fsp3) is 0.250. The summed E-state index contributed by atoms with van der Waals surface area (Å²) in [5.74, 6) is -1.17. The van der Waals surface area contributed by atoms with Crippen LogP contribution in [-0.4, -0.2) is 37.8 Å². The fourth-order valence-corrected chi connectivity index (χ4v) is 1.78. The Bertz CT molecular complexity index is 621. The number of carbonyl (C=O) groups is 1. The number of nitrogens with two attached hydrogens (primary N) is 1. The van der Waals surface area contributed by atoms with Crippen LogP contribution in [0.1, 0.15) is 16.1 Å². The molecule has 0 radical (unpaired) electrons. The Morgan fingerprint density at radius 2 is 2.21 bits per heavy atom. The Balaban J connectivity index is 2.60. The molecular formula is C12H14N4O3. The fourth-order valence-electron chi connectivity index (χ4n) is 1.78. The van der Waals surface area contributed by atoms with Gasteiger partial charge in [-0.15, -0.1) is 5.10 Å². The van der Waals surface area contributed by atoms with E-state index in [1.807, 2.05) is 6.92 Å². The quantitative estimate of drug-likeness (QED) is 0.692. The van der Waals surface area contributed by atoms with Crippen LogP contribution in [0, 0.1) is 6.92 Å². The van der Waals surface area contributed by atoms with Crippen LogP contribution < -0.4 is 5.73 Å². The van der Waals surface area contributed by atoms with Crippen molar-refractivity contribution in [2.24, 2.45) is 0 Å². The molecule has 0 aliphatic rings. The molecule has 0 atom stereocenters. The molecule has 0 unspecified atom stereocenters. The van der Waals surface area contributed by atoms with Crippen molar-refractivity contribution in [3.05, 3.63) is 29.5 Å². The van der Waals surface area contributed by atoms with Gasteiger partial charge in [-0.05, 0) is 18.6 Å². The summed E-state index contributed by atoms with van der Waals surface area (Å²) in [5, 5.41) is 25.5. The topological polar surface area (TPSA) is 114 Å². The average Bonchev–Trinajstić information content (AvgIpc) is 2.77. The summed E-state index contributed by atoms with van der Waals surface area (Å²) in [7, 11) is 0. The van der Waals surface area contributed by atoms with E-state index >= 15 is 0 Å². The molecule has 100 valence electrons. The van der Waals surface area contributed by atoms with Crippen LogP contribution in [0.5, 0.6) is 0 Å². The lowest BCUT2D eigenvalue weighted by atomic mass is 10.1. The molecular weight excluding hydrogens is 248 g/mol. The molecule has 0 aliphatic heterocycles. The van der Waals surface area contributed by atoms with Crippen LogP contribution in [0.4, 0.5) is 5.69 Å². The number of nitrogens with zero attached hydrogens (tertiary/aromatic N) is 3. The minimum absolute atomic E-state index is 0.156. The predicted molar refractivity (Wildman–Crippen MR) is 68.7 cm³/mol. The summed E-state index contributed by atoms with van der Waals surface area (Å²) in [5.41, 5.74) is 8.09. The van der Waals surface area contributed by atoms with Crippen LogP contribution in [0.2, 0.25) is 0 Å². The SMILES string of the molecule is Cc1ccc(-c2c(C(=O)O)nnn2CCO)cc1N. The zero-order valence-corrected chi connectivity index (χ0v) is 10.4. The van der Waals surface area contributed by atoms with Gasteiger partial charge in [0.25, 0.3) is 0 Å². The molecule has 19 heavy (non-hydrogen) atoms. The molecule has 0 aliphatic carbocycles. The lowest BCUT2D eigenvalue weighted by Gasteiger charge is -2.08. The second-order valence-corrected chi connectivity index (χ2v) is 4.11. The van der Waals surface area contributed by atoms with Crippen LogP contribution in [0.15, 0.2) is 18.2 Å². The van der Waals surface area contributed by atoms with Crippen molar-refractivity contribution in [3.8, 4) is 11.3 Å². The number of aliphatic hydroxyl groups excluding tert-OH is 1. The van der Waals surface area contributed by atoms with E-state index in [2.05, 4.69) is 10.3 Å². The smallest absolute Gasteiger partial charge is 0.358 e. The highest BCUT2D eigenvalue weighted by atomic mass is 16.4. The van der Waals surface area contributed by atoms with E-state index in [0.717, 1.165) is 5.56 Å². The van der Waals surface area contributed by atoms with Gasteiger partial charge < -0.3 is 15.9 Å². The van der Waals surface area contributed by atoms with Crippen molar-refractivity contribution in [3.63, 3.8) is 0 Å². The van der Waals surface area contributed by atoms with E-state index < -0.39 is 5.97 Å². The summed E-state index contributed by atoms with van der Waals surface area (Å²) in [4.78, 5) is 11.2. The number of hydrogen-bond acceptors (Lipinski definition) is 5. The van der Waals surface area contributed by atoms with Gasteiger partial charge in [-0.2, -0.15) is 0 Å². The maximum atomic E-state index is 11.2. The maximum absolute atomic E-state index is 11.2. The lowest BCUT2D eigenvalue weighted by molar-refractivity contribution is 0.0691. The van der Waals surface area contributed by atoms with Gasteiger partial charge in [0, 0.05) is 11.3 Å². The van der Waals surface area contributed by atoms with Crippen LogP contribution >= 0.6 is 0 Å². The van der Waals surface area contributed by atoms with Gasteiger partial charge in [-0.1, -0.05) is 17.3 Å². The van der Waals surface area contributed by atoms with E-state index in [1.165, 1.54) is 4.68 Å². The largest absolute Gasteiger partial charge is 0.476 e. The summed E-state index contributed by atoms with van der Waals surface area (Å²) in [6, 6.07) is 5.23. The minimum atomic E-state index is -1.17. The summed E-state index contributed by atoms with van der Waals surface area (Å²) in [6.45, 7) is 1.88. The number of anilines is 1. The molecule has 4 N–H and O–H groups in total. The molecule has 0 saturated heterocycles. The number of nitrogen functional groups attached to an aromatic ring is 1. The van der Waals surface area contributed by atoms with Crippen LogP contribution in [0.3, 0.4) is 0 Å². The van der Waals surface area contributed by atoms with Gasteiger partial charge in [0.2, 0.25) is 0 Å². The Morgan fingerprint density at radius 3 is 2.79 bits per heavy atom. The van der Waals surface area contributed by atoms with Crippen molar-refractivity contribution < 1.29 is 15.0 Å². The van der Waals surface area contributed by atoms with Gasteiger partial charge in [0.15, 0.2) is 5.69 Å². The lowest BCUT2D eigenvalue weighted by Crippen LogP contribution is -2.08. The number of hydrogen-bond donors (Lipinski definition) is 3. The van der Waals surface area contributed by atoms with E-state index in [-0.39, 0.29) is 18.8 Å². The van der Waals surface area contributed by atoms with Gasteiger partial charge in [0.1, 0.15) is 5.69 Å². The molecule has 2 aromatic rings. The first-order valence-corrected chi connectivity index (χ1v) is 5.68. The number of aliphatic hydroxyl groups is 1. The van der Waals surface area contributed by atoms with Crippen LogP contribution in [0.25, 0.3) is 11.3 Å². The van der Waals surface area contributed by atoms with Gasteiger partial charge in [0.05, 0.1) is 13.2 Å². The van der Waals surface area contributed by atoms with Crippen molar-refractivity contribution >= 4 is 11.7 Å². The molecule has 0 fully saturated rings. The number of rotatable bonds is 4. The normalized spacial score (nSPS) is 10.6. The highest BCUT2D eigenvalue weighted by Gasteiger charge is 2.20. The van der Waals surface area contributed by atoms with Crippen molar-refractivity contribution in [1.82, 2.24) is 15.0 Å². The molecule has 0 amide bonds. The highest BCUT2D eigenvalue weighted by Crippen LogP contribution is 2.25. The molecule has 7 nitrogen and oxygen atoms in total. The maximum Gasteiger partial charge on any atom is 0.358 e. The van der Waals surface area contributed by atoms with E-state index in [1.54, 1.807) is 18.2 Å². The Morgan fingerprint density at radius 1 is 1.47 bits per heavy atom. The average molecular weight is 262 g/mol. The molecule has 2 rings (SSSR count). The third-order valence-electron chi connectivity index (χ3n) is 2.80.